The number of halogens is 2. The number of nitrogens with one attached hydrogen (secondary N) is 1. The van der Waals surface area contributed by atoms with Crippen LogP contribution in [0.3, 0.4) is 0 Å². The molecule has 2 aromatic rings. The van der Waals surface area contributed by atoms with Gasteiger partial charge in [0.25, 0.3) is 0 Å². The number of benzene rings is 2. The molecule has 1 heterocycles. The maximum Gasteiger partial charge on any atom is 0.235 e. The highest BCUT2D eigenvalue weighted by Crippen LogP contribution is 2.45. The number of rotatable bonds is 7. The highest BCUT2D eigenvalue weighted by molar-refractivity contribution is 6.35. The number of likely N-dealkylation sites (tertiary alicyclic amines) is 1. The molecule has 1 saturated heterocycles. The van der Waals surface area contributed by atoms with Crippen LogP contribution in [0.5, 0.6) is 5.75 Å². The van der Waals surface area contributed by atoms with Crippen molar-refractivity contribution in [3.63, 3.8) is 0 Å². The minimum absolute atomic E-state index is 0.00731. The van der Waals surface area contributed by atoms with E-state index in [-0.39, 0.29) is 5.91 Å². The van der Waals surface area contributed by atoms with Gasteiger partial charge in [-0.05, 0) is 80.1 Å². The summed E-state index contributed by atoms with van der Waals surface area (Å²) in [5, 5.41) is 4.25. The van der Waals surface area contributed by atoms with E-state index < -0.39 is 5.41 Å². The first-order valence-electron chi connectivity index (χ1n) is 11.7. The van der Waals surface area contributed by atoms with E-state index in [2.05, 4.69) is 17.1 Å². The second kappa shape index (κ2) is 10.5. The number of anilines is 1. The average molecular weight is 475 g/mol. The number of amides is 1. The number of carbonyl (C=O) groups excluding carboxylic acids is 1. The molecule has 2 aliphatic rings. The number of hydrogen-bond acceptors (Lipinski definition) is 3. The summed E-state index contributed by atoms with van der Waals surface area (Å²) in [6, 6.07) is 13.1. The smallest absolute Gasteiger partial charge is 0.235 e. The van der Waals surface area contributed by atoms with Gasteiger partial charge in [-0.25, -0.2) is 0 Å². The zero-order valence-electron chi connectivity index (χ0n) is 18.7. The molecule has 0 spiro atoms. The lowest BCUT2D eigenvalue weighted by molar-refractivity contribution is -0.121. The second-order valence-electron chi connectivity index (χ2n) is 9.29. The highest BCUT2D eigenvalue weighted by atomic mass is 35.5. The fraction of sp³-hybridized carbons (Fsp3) is 0.500. The molecule has 4 rings (SSSR count). The van der Waals surface area contributed by atoms with Gasteiger partial charge in [0.15, 0.2) is 0 Å². The molecular formula is C26H32Cl2N2O2. The monoisotopic (exact) mass is 474 g/mol. The third-order valence-electron chi connectivity index (χ3n) is 6.87. The van der Waals surface area contributed by atoms with Crippen molar-refractivity contribution in [1.82, 2.24) is 4.90 Å². The zero-order valence-corrected chi connectivity index (χ0v) is 20.2. The van der Waals surface area contributed by atoms with Gasteiger partial charge in [0.2, 0.25) is 5.91 Å². The van der Waals surface area contributed by atoms with Crippen LogP contribution in [0.25, 0.3) is 0 Å². The summed E-state index contributed by atoms with van der Waals surface area (Å²) in [6.07, 6.45) is 6.20. The Morgan fingerprint density at radius 2 is 1.88 bits per heavy atom. The van der Waals surface area contributed by atoms with Crippen LogP contribution < -0.4 is 10.1 Å². The Labute approximate surface area is 201 Å². The predicted molar refractivity (Wildman–Crippen MR) is 132 cm³/mol. The lowest BCUT2D eigenvalue weighted by Gasteiger charge is -2.30. The quantitative estimate of drug-likeness (QED) is 0.494. The van der Waals surface area contributed by atoms with Crippen LogP contribution in [-0.2, 0) is 10.2 Å². The third kappa shape index (κ3) is 5.41. The van der Waals surface area contributed by atoms with E-state index in [1.54, 1.807) is 6.07 Å². The minimum atomic E-state index is -0.609. The number of nitrogens with zero attached hydrogens (tertiary/aromatic N) is 1. The molecule has 1 saturated carbocycles. The van der Waals surface area contributed by atoms with Crippen molar-refractivity contribution < 1.29 is 9.53 Å². The average Bonchev–Trinajstić information content (AvgIpc) is 3.26. The van der Waals surface area contributed by atoms with Gasteiger partial charge < -0.3 is 10.1 Å². The Morgan fingerprint density at radius 3 is 2.56 bits per heavy atom. The second-order valence-corrected chi connectivity index (χ2v) is 10.1. The van der Waals surface area contributed by atoms with Crippen molar-refractivity contribution in [3.05, 3.63) is 58.1 Å². The van der Waals surface area contributed by atoms with Crippen molar-refractivity contribution in [1.29, 1.82) is 0 Å². The van der Waals surface area contributed by atoms with E-state index in [1.807, 2.05) is 36.4 Å². The highest BCUT2D eigenvalue weighted by Gasteiger charge is 2.44. The molecule has 1 aliphatic carbocycles. The van der Waals surface area contributed by atoms with Crippen LogP contribution in [0.2, 0.25) is 10.0 Å². The van der Waals surface area contributed by atoms with Crippen LogP contribution in [0.4, 0.5) is 5.69 Å². The lowest BCUT2D eigenvalue weighted by Crippen LogP contribution is -2.38. The first-order chi connectivity index (χ1) is 15.5. The van der Waals surface area contributed by atoms with E-state index in [4.69, 9.17) is 27.9 Å². The van der Waals surface area contributed by atoms with Gasteiger partial charge in [0.05, 0.1) is 5.41 Å². The van der Waals surface area contributed by atoms with Crippen molar-refractivity contribution in [3.8, 4) is 5.75 Å². The maximum atomic E-state index is 13.4. The fourth-order valence-corrected chi connectivity index (χ4v) is 5.73. The Hall–Kier alpha value is -1.75. The van der Waals surface area contributed by atoms with Crippen molar-refractivity contribution in [2.45, 2.75) is 50.9 Å². The molecule has 4 nitrogen and oxygen atoms in total. The van der Waals surface area contributed by atoms with E-state index in [0.717, 1.165) is 68.2 Å². The van der Waals surface area contributed by atoms with Crippen molar-refractivity contribution in [2.24, 2.45) is 5.92 Å². The first kappa shape index (κ1) is 23.4. The molecule has 1 unspecified atom stereocenters. The molecule has 1 aliphatic heterocycles. The molecule has 172 valence electrons. The molecule has 0 bridgehead atoms. The van der Waals surface area contributed by atoms with Crippen LogP contribution in [0.15, 0.2) is 42.5 Å². The summed E-state index contributed by atoms with van der Waals surface area (Å²) in [7, 11) is 0. The van der Waals surface area contributed by atoms with Gasteiger partial charge in [-0.1, -0.05) is 49.0 Å². The van der Waals surface area contributed by atoms with Crippen LogP contribution in [-0.4, -0.2) is 37.0 Å². The number of ether oxygens (including phenoxy) is 1. The first-order valence-corrected chi connectivity index (χ1v) is 12.4. The third-order valence-corrected chi connectivity index (χ3v) is 7.42. The predicted octanol–water partition coefficient (Wildman–Crippen LogP) is 6.55. The Balaban J connectivity index is 1.36. The van der Waals surface area contributed by atoms with Crippen LogP contribution in [0, 0.1) is 5.92 Å². The topological polar surface area (TPSA) is 41.6 Å². The summed E-state index contributed by atoms with van der Waals surface area (Å²) in [6.45, 7) is 6.27. The van der Waals surface area contributed by atoms with E-state index in [9.17, 15) is 4.79 Å². The molecule has 2 fully saturated rings. The molecule has 1 atom stereocenters. The molecule has 6 heteroatoms. The van der Waals surface area contributed by atoms with E-state index in [1.165, 1.54) is 12.8 Å². The largest absolute Gasteiger partial charge is 0.492 e. The standard InChI is InChI=1S/C26H32Cl2N2O2/c1-19-5-4-14-30(18-19)15-16-32-22-9-7-21(8-10-22)29-25(31)26(12-2-3-13-26)23-11-6-20(27)17-24(23)28/h6-11,17,19H,2-5,12-16,18H2,1H3,(H,29,31). The number of hydrogen-bond donors (Lipinski definition) is 1. The SMILES string of the molecule is CC1CCCN(CCOc2ccc(NC(=O)C3(c4ccc(Cl)cc4Cl)CCCC3)cc2)C1. The summed E-state index contributed by atoms with van der Waals surface area (Å²) >= 11 is 12.6. The van der Waals surface area contributed by atoms with Gasteiger partial charge in [0.1, 0.15) is 12.4 Å². The summed E-state index contributed by atoms with van der Waals surface area (Å²) in [4.78, 5) is 15.9. The molecule has 2 aromatic carbocycles. The van der Waals surface area contributed by atoms with Gasteiger partial charge in [0, 0.05) is 28.8 Å². The molecule has 32 heavy (non-hydrogen) atoms. The molecular weight excluding hydrogens is 443 g/mol. The normalized spacial score (nSPS) is 20.8. The Kier molecular flexibility index (Phi) is 7.65. The Morgan fingerprint density at radius 1 is 1.12 bits per heavy atom. The molecule has 0 aromatic heterocycles. The van der Waals surface area contributed by atoms with Gasteiger partial charge >= 0.3 is 0 Å². The van der Waals surface area contributed by atoms with Gasteiger partial charge in [-0.3, -0.25) is 9.69 Å². The maximum absolute atomic E-state index is 13.4. The number of piperidine rings is 1. The fourth-order valence-electron chi connectivity index (χ4n) is 5.14. The summed E-state index contributed by atoms with van der Waals surface area (Å²) in [5.74, 6) is 1.59. The minimum Gasteiger partial charge on any atom is -0.492 e. The van der Waals surface area contributed by atoms with Gasteiger partial charge in [-0.2, -0.15) is 0 Å². The van der Waals surface area contributed by atoms with Crippen LogP contribution in [0.1, 0.15) is 51.0 Å². The van der Waals surface area contributed by atoms with Gasteiger partial charge in [-0.15, -0.1) is 0 Å². The summed E-state index contributed by atoms with van der Waals surface area (Å²) in [5.41, 5.74) is 1.02. The Bertz CT molecular complexity index is 926. The van der Waals surface area contributed by atoms with E-state index in [0.29, 0.717) is 16.7 Å². The zero-order chi connectivity index (χ0) is 22.6. The molecule has 0 radical (unpaired) electrons. The van der Waals surface area contributed by atoms with Crippen molar-refractivity contribution >= 4 is 34.8 Å². The molecule has 1 N–H and O–H groups in total. The van der Waals surface area contributed by atoms with Crippen LogP contribution >= 0.6 is 23.2 Å². The number of carbonyl (C=O) groups is 1. The molecule has 1 amide bonds. The summed E-state index contributed by atoms with van der Waals surface area (Å²) < 4.78 is 5.94. The lowest BCUT2D eigenvalue weighted by atomic mass is 9.78. The van der Waals surface area contributed by atoms with E-state index >= 15 is 0 Å². The van der Waals surface area contributed by atoms with Crippen molar-refractivity contribution in [2.75, 3.05) is 31.6 Å².